The van der Waals surface area contributed by atoms with Crippen molar-refractivity contribution in [3.8, 4) is 5.75 Å². The number of carbonyl (C=O) groups excluding carboxylic acids is 2. The molecule has 0 spiro atoms. The van der Waals surface area contributed by atoms with E-state index in [9.17, 15) is 14.7 Å². The van der Waals surface area contributed by atoms with Crippen LogP contribution in [-0.2, 0) is 16.0 Å². The van der Waals surface area contributed by atoms with Crippen molar-refractivity contribution in [1.82, 2.24) is 0 Å². The first kappa shape index (κ1) is 18.5. The molecule has 2 aromatic carbocycles. The molecule has 0 bridgehead atoms. The van der Waals surface area contributed by atoms with Crippen molar-refractivity contribution >= 4 is 23.2 Å². The molecule has 25 heavy (non-hydrogen) atoms. The number of benzene rings is 2. The largest absolute Gasteiger partial charge is 0.497 e. The molecular weight excluding hydrogens is 320 g/mol. The highest BCUT2D eigenvalue weighted by molar-refractivity contribution is 5.93. The molecule has 132 valence electrons. The van der Waals surface area contributed by atoms with Gasteiger partial charge in [-0.15, -0.1) is 0 Å². The average Bonchev–Trinajstić information content (AvgIpc) is 2.56. The summed E-state index contributed by atoms with van der Waals surface area (Å²) in [7, 11) is 1.60. The maximum Gasteiger partial charge on any atom is 0.228 e. The second-order valence-corrected chi connectivity index (χ2v) is 5.75. The third kappa shape index (κ3) is 6.27. The van der Waals surface area contributed by atoms with Gasteiger partial charge in [-0.2, -0.15) is 0 Å². The zero-order valence-corrected chi connectivity index (χ0v) is 14.3. The topological polar surface area (TPSA) is 87.7 Å². The molecule has 0 aliphatic carbocycles. The highest BCUT2D eigenvalue weighted by Crippen LogP contribution is 2.15. The Kier molecular flexibility index (Phi) is 6.54. The molecule has 0 aromatic heterocycles. The molecule has 2 aromatic rings. The van der Waals surface area contributed by atoms with Gasteiger partial charge < -0.3 is 20.5 Å². The van der Waals surface area contributed by atoms with E-state index in [4.69, 9.17) is 4.74 Å². The number of nitrogens with one attached hydrogen (secondary N) is 2. The Morgan fingerprint density at radius 2 is 1.48 bits per heavy atom. The highest BCUT2D eigenvalue weighted by atomic mass is 16.5. The lowest BCUT2D eigenvalue weighted by atomic mass is 10.1. The normalized spacial score (nSPS) is 11.5. The number of amides is 2. The first-order valence-electron chi connectivity index (χ1n) is 7.97. The van der Waals surface area contributed by atoms with Gasteiger partial charge in [0.15, 0.2) is 0 Å². The minimum Gasteiger partial charge on any atom is -0.497 e. The molecule has 2 amide bonds. The second kappa shape index (κ2) is 8.84. The Morgan fingerprint density at radius 3 is 1.96 bits per heavy atom. The summed E-state index contributed by atoms with van der Waals surface area (Å²) in [5.41, 5.74) is 2.14. The van der Waals surface area contributed by atoms with Gasteiger partial charge in [-0.3, -0.25) is 9.59 Å². The van der Waals surface area contributed by atoms with E-state index in [1.807, 2.05) is 24.3 Å². The molecule has 6 heteroatoms. The van der Waals surface area contributed by atoms with Gasteiger partial charge in [-0.1, -0.05) is 12.1 Å². The molecular formula is C19H22N2O4. The predicted molar refractivity (Wildman–Crippen MR) is 96.7 cm³/mol. The van der Waals surface area contributed by atoms with Crippen LogP contribution in [0.15, 0.2) is 48.5 Å². The molecule has 0 heterocycles. The van der Waals surface area contributed by atoms with Crippen molar-refractivity contribution < 1.29 is 19.4 Å². The molecule has 1 atom stereocenters. The van der Waals surface area contributed by atoms with Gasteiger partial charge in [0.05, 0.1) is 26.1 Å². The predicted octanol–water partition coefficient (Wildman–Crippen LogP) is 2.59. The molecule has 0 fully saturated rings. The number of anilines is 2. The lowest BCUT2D eigenvalue weighted by Gasteiger charge is -2.09. The first-order valence-corrected chi connectivity index (χ1v) is 7.97. The smallest absolute Gasteiger partial charge is 0.228 e. The van der Waals surface area contributed by atoms with E-state index in [0.717, 1.165) is 11.3 Å². The number of methoxy groups -OCH3 is 1. The van der Waals surface area contributed by atoms with Crippen molar-refractivity contribution in [3.63, 3.8) is 0 Å². The lowest BCUT2D eigenvalue weighted by Crippen LogP contribution is -2.17. The van der Waals surface area contributed by atoms with Crippen LogP contribution in [0.3, 0.4) is 0 Å². The number of rotatable bonds is 7. The van der Waals surface area contributed by atoms with Crippen LogP contribution < -0.4 is 15.4 Å². The Balaban J connectivity index is 1.87. The van der Waals surface area contributed by atoms with Crippen molar-refractivity contribution in [3.05, 3.63) is 54.1 Å². The Morgan fingerprint density at radius 1 is 0.960 bits per heavy atom. The summed E-state index contributed by atoms with van der Waals surface area (Å²) in [6.07, 6.45) is -0.381. The summed E-state index contributed by atoms with van der Waals surface area (Å²) in [6, 6.07) is 14.1. The van der Waals surface area contributed by atoms with E-state index in [0.29, 0.717) is 11.4 Å². The lowest BCUT2D eigenvalue weighted by molar-refractivity contribution is -0.118. The van der Waals surface area contributed by atoms with E-state index in [1.54, 1.807) is 38.3 Å². The third-order valence-electron chi connectivity index (χ3n) is 3.46. The monoisotopic (exact) mass is 342 g/mol. The van der Waals surface area contributed by atoms with Crippen LogP contribution in [-0.4, -0.2) is 30.1 Å². The Hall–Kier alpha value is -2.86. The Bertz CT molecular complexity index is 709. The number of hydrogen-bond acceptors (Lipinski definition) is 4. The van der Waals surface area contributed by atoms with Gasteiger partial charge in [0.25, 0.3) is 0 Å². The van der Waals surface area contributed by atoms with Gasteiger partial charge in [-0.05, 0) is 48.9 Å². The summed E-state index contributed by atoms with van der Waals surface area (Å²) in [5, 5.41) is 14.7. The summed E-state index contributed by atoms with van der Waals surface area (Å²) in [4.78, 5) is 23.7. The number of aliphatic hydroxyl groups excluding tert-OH is 1. The summed E-state index contributed by atoms with van der Waals surface area (Å²) in [6.45, 7) is 1.56. The maximum absolute atomic E-state index is 12.1. The molecule has 1 unspecified atom stereocenters. The summed E-state index contributed by atoms with van der Waals surface area (Å²) in [5.74, 6) is 0.361. The van der Waals surface area contributed by atoms with Crippen molar-refractivity contribution in [2.75, 3.05) is 17.7 Å². The van der Waals surface area contributed by atoms with Crippen LogP contribution in [0.25, 0.3) is 0 Å². The van der Waals surface area contributed by atoms with E-state index < -0.39 is 6.10 Å². The van der Waals surface area contributed by atoms with Gasteiger partial charge in [0, 0.05) is 11.4 Å². The van der Waals surface area contributed by atoms with Crippen molar-refractivity contribution in [1.29, 1.82) is 0 Å². The standard InChI is InChI=1S/C19H22N2O4/c1-13(22)11-18(23)20-15-5-7-16(8-6-15)21-19(24)12-14-3-9-17(25-2)10-4-14/h3-10,13,22H,11-12H2,1-2H3,(H,20,23)(H,21,24). The zero-order chi connectivity index (χ0) is 18.2. The number of aliphatic hydroxyl groups is 1. The summed E-state index contributed by atoms with van der Waals surface area (Å²) >= 11 is 0. The van der Waals surface area contributed by atoms with E-state index >= 15 is 0 Å². The quantitative estimate of drug-likeness (QED) is 0.722. The number of carbonyl (C=O) groups is 2. The summed E-state index contributed by atoms with van der Waals surface area (Å²) < 4.78 is 5.09. The molecule has 0 radical (unpaired) electrons. The molecule has 2 rings (SSSR count). The molecule has 6 nitrogen and oxygen atoms in total. The molecule has 0 aliphatic rings. The molecule has 0 aliphatic heterocycles. The van der Waals surface area contributed by atoms with Gasteiger partial charge in [0.1, 0.15) is 5.75 Å². The molecule has 0 saturated heterocycles. The third-order valence-corrected chi connectivity index (χ3v) is 3.46. The van der Waals surface area contributed by atoms with E-state index in [1.165, 1.54) is 0 Å². The fourth-order valence-corrected chi connectivity index (χ4v) is 2.25. The first-order chi connectivity index (χ1) is 12.0. The van der Waals surface area contributed by atoms with Crippen LogP contribution in [0.4, 0.5) is 11.4 Å². The Labute approximate surface area is 146 Å². The number of hydrogen-bond donors (Lipinski definition) is 3. The van der Waals surface area contributed by atoms with Gasteiger partial charge >= 0.3 is 0 Å². The molecule has 0 saturated carbocycles. The van der Waals surface area contributed by atoms with Crippen LogP contribution in [0, 0.1) is 0 Å². The zero-order valence-electron chi connectivity index (χ0n) is 14.3. The number of ether oxygens (including phenoxy) is 1. The van der Waals surface area contributed by atoms with E-state index in [2.05, 4.69) is 10.6 Å². The maximum atomic E-state index is 12.1. The fraction of sp³-hybridized carbons (Fsp3) is 0.263. The van der Waals surface area contributed by atoms with Crippen LogP contribution >= 0.6 is 0 Å². The minimum absolute atomic E-state index is 0.0420. The van der Waals surface area contributed by atoms with Gasteiger partial charge in [0.2, 0.25) is 11.8 Å². The van der Waals surface area contributed by atoms with Crippen molar-refractivity contribution in [2.45, 2.75) is 25.9 Å². The fourth-order valence-electron chi connectivity index (χ4n) is 2.25. The van der Waals surface area contributed by atoms with Crippen molar-refractivity contribution in [2.24, 2.45) is 0 Å². The minimum atomic E-state index is -0.684. The average molecular weight is 342 g/mol. The van der Waals surface area contributed by atoms with Crippen LogP contribution in [0.1, 0.15) is 18.9 Å². The van der Waals surface area contributed by atoms with Crippen LogP contribution in [0.2, 0.25) is 0 Å². The van der Waals surface area contributed by atoms with E-state index in [-0.39, 0.29) is 24.7 Å². The second-order valence-electron chi connectivity index (χ2n) is 5.75. The van der Waals surface area contributed by atoms with Crippen LogP contribution in [0.5, 0.6) is 5.75 Å². The molecule has 3 N–H and O–H groups in total. The SMILES string of the molecule is COc1ccc(CC(=O)Nc2ccc(NC(=O)CC(C)O)cc2)cc1. The highest BCUT2D eigenvalue weighted by Gasteiger charge is 2.07. The van der Waals surface area contributed by atoms with Gasteiger partial charge in [-0.25, -0.2) is 0 Å².